The van der Waals surface area contributed by atoms with Crippen LogP contribution < -0.4 is 0 Å². The van der Waals surface area contributed by atoms with Crippen molar-refractivity contribution in [2.45, 2.75) is 45.0 Å². The summed E-state index contributed by atoms with van der Waals surface area (Å²) in [6, 6.07) is 8.17. The molecule has 1 heterocycles. The fourth-order valence-corrected chi connectivity index (χ4v) is 3.90. The van der Waals surface area contributed by atoms with Crippen molar-refractivity contribution in [3.05, 3.63) is 35.4 Å². The van der Waals surface area contributed by atoms with Gasteiger partial charge in [-0.2, -0.15) is 0 Å². The van der Waals surface area contributed by atoms with Crippen LogP contribution in [0.25, 0.3) is 0 Å². The maximum atomic E-state index is 13.0. The number of nitrogens with zero attached hydrogens (tertiary/aromatic N) is 2. The van der Waals surface area contributed by atoms with E-state index < -0.39 is 0 Å². The van der Waals surface area contributed by atoms with Crippen molar-refractivity contribution >= 4 is 11.8 Å². The monoisotopic (exact) mass is 316 g/mol. The van der Waals surface area contributed by atoms with Gasteiger partial charge in [0, 0.05) is 34.2 Å². The first-order valence-corrected chi connectivity index (χ1v) is 8.14. The molecule has 1 fully saturated rings. The van der Waals surface area contributed by atoms with E-state index in [0.29, 0.717) is 13.1 Å². The number of hydrogen-bond acceptors (Lipinski definition) is 3. The number of amides is 2. The van der Waals surface area contributed by atoms with Crippen LogP contribution in [0.2, 0.25) is 0 Å². The molecule has 124 valence electrons. The summed E-state index contributed by atoms with van der Waals surface area (Å²) in [6.07, 6.45) is 1.36. The third kappa shape index (κ3) is 2.85. The molecule has 1 saturated carbocycles. The van der Waals surface area contributed by atoms with Crippen molar-refractivity contribution in [2.24, 2.45) is 5.92 Å². The number of rotatable bonds is 3. The maximum absolute atomic E-state index is 13.0. The first kappa shape index (κ1) is 16.0. The number of benzene rings is 1. The number of fused-ring (bicyclic) bond motifs is 1. The molecule has 0 unspecified atom stereocenters. The van der Waals surface area contributed by atoms with E-state index in [1.165, 1.54) is 11.1 Å². The molecule has 2 aliphatic rings. The lowest BCUT2D eigenvalue weighted by Gasteiger charge is -2.31. The van der Waals surface area contributed by atoms with E-state index in [-0.39, 0.29) is 29.9 Å². The summed E-state index contributed by atoms with van der Waals surface area (Å²) >= 11 is 0. The number of likely N-dealkylation sites (N-methyl/N-ethyl adjacent to an activating group) is 1. The minimum absolute atomic E-state index is 0.0127. The van der Waals surface area contributed by atoms with E-state index >= 15 is 0 Å². The van der Waals surface area contributed by atoms with E-state index in [1.54, 1.807) is 26.0 Å². The molecule has 5 nitrogen and oxygen atoms in total. The smallest absolute Gasteiger partial charge is 0.228 e. The van der Waals surface area contributed by atoms with Crippen molar-refractivity contribution < 1.29 is 14.3 Å². The predicted octanol–water partition coefficient (Wildman–Crippen LogP) is 1.80. The molecule has 5 heteroatoms. The highest BCUT2D eigenvalue weighted by Gasteiger charge is 2.45. The number of carbonyl (C=O) groups excluding carboxylic acids is 2. The van der Waals surface area contributed by atoms with Crippen LogP contribution >= 0.6 is 0 Å². The lowest BCUT2D eigenvalue weighted by molar-refractivity contribution is -0.142. The molecule has 0 saturated heterocycles. The molecule has 0 radical (unpaired) electrons. The van der Waals surface area contributed by atoms with Gasteiger partial charge < -0.3 is 14.5 Å². The average molecular weight is 316 g/mol. The molecular formula is C18H24N2O3. The van der Waals surface area contributed by atoms with E-state index in [4.69, 9.17) is 4.74 Å². The Balaban J connectivity index is 1.72. The normalized spacial score (nSPS) is 26.2. The molecule has 3 atom stereocenters. The van der Waals surface area contributed by atoms with Crippen molar-refractivity contribution in [1.82, 2.24) is 9.80 Å². The van der Waals surface area contributed by atoms with Gasteiger partial charge in [0.25, 0.3) is 0 Å². The Labute approximate surface area is 137 Å². The van der Waals surface area contributed by atoms with Crippen LogP contribution in [-0.2, 0) is 27.4 Å². The van der Waals surface area contributed by atoms with Crippen LogP contribution in [0.3, 0.4) is 0 Å². The van der Waals surface area contributed by atoms with Gasteiger partial charge in [-0.05, 0) is 24.0 Å². The van der Waals surface area contributed by atoms with E-state index in [2.05, 4.69) is 12.1 Å². The molecule has 0 aromatic heterocycles. The zero-order valence-electron chi connectivity index (χ0n) is 14.0. The topological polar surface area (TPSA) is 49.9 Å². The number of carbonyl (C=O) groups is 2. The zero-order chi connectivity index (χ0) is 16.6. The zero-order valence-corrected chi connectivity index (χ0v) is 14.0. The molecule has 1 aromatic carbocycles. The SMILES string of the molecule is CO[C@@H]1[C@H](N(C)C(C)=O)CC[C@H]1C(=O)N1Cc2ccccc2C1. The van der Waals surface area contributed by atoms with Gasteiger partial charge >= 0.3 is 0 Å². The third-order valence-corrected chi connectivity index (χ3v) is 5.29. The highest BCUT2D eigenvalue weighted by Crippen LogP contribution is 2.35. The standard InChI is InChI=1S/C18H24N2O3/c1-12(21)19(2)16-9-8-15(17(16)23-3)18(22)20-10-13-6-4-5-7-14(13)11-20/h4-7,15-17H,8-11H2,1-3H3/t15-,16-,17+/m1/s1. The molecule has 1 aliphatic carbocycles. The first-order chi connectivity index (χ1) is 11.0. The number of methoxy groups -OCH3 is 1. The van der Waals surface area contributed by atoms with Crippen LogP contribution in [-0.4, -0.2) is 47.9 Å². The largest absolute Gasteiger partial charge is 0.378 e. The molecule has 1 aromatic rings. The van der Waals surface area contributed by atoms with Crippen molar-refractivity contribution in [3.8, 4) is 0 Å². The fourth-order valence-electron chi connectivity index (χ4n) is 3.90. The van der Waals surface area contributed by atoms with Gasteiger partial charge in [-0.15, -0.1) is 0 Å². The molecule has 2 amide bonds. The van der Waals surface area contributed by atoms with Crippen molar-refractivity contribution in [1.29, 1.82) is 0 Å². The Morgan fingerprint density at radius 2 is 1.78 bits per heavy atom. The molecule has 0 bridgehead atoms. The second-order valence-corrected chi connectivity index (χ2v) is 6.54. The Bertz CT molecular complexity index is 591. The predicted molar refractivity (Wildman–Crippen MR) is 86.4 cm³/mol. The quantitative estimate of drug-likeness (QED) is 0.854. The number of ether oxygens (including phenoxy) is 1. The van der Waals surface area contributed by atoms with E-state index in [1.807, 2.05) is 17.0 Å². The van der Waals surface area contributed by atoms with Gasteiger partial charge in [-0.3, -0.25) is 9.59 Å². The lowest BCUT2D eigenvalue weighted by atomic mass is 10.0. The summed E-state index contributed by atoms with van der Waals surface area (Å²) in [5.41, 5.74) is 2.45. The molecule has 1 aliphatic heterocycles. The maximum Gasteiger partial charge on any atom is 0.228 e. The lowest BCUT2D eigenvalue weighted by Crippen LogP contribution is -2.46. The first-order valence-electron chi connectivity index (χ1n) is 8.14. The summed E-state index contributed by atoms with van der Waals surface area (Å²) in [5.74, 6) is -0.00709. The van der Waals surface area contributed by atoms with Gasteiger partial charge in [-0.25, -0.2) is 0 Å². The molecule has 0 N–H and O–H groups in total. The average Bonchev–Trinajstić information content (AvgIpc) is 3.16. The van der Waals surface area contributed by atoms with Crippen LogP contribution in [0.4, 0.5) is 0 Å². The van der Waals surface area contributed by atoms with E-state index in [9.17, 15) is 9.59 Å². The third-order valence-electron chi connectivity index (χ3n) is 5.29. The Morgan fingerprint density at radius 3 is 2.30 bits per heavy atom. The summed E-state index contributed by atoms with van der Waals surface area (Å²) < 4.78 is 5.62. The van der Waals surface area contributed by atoms with Crippen LogP contribution in [0, 0.1) is 5.92 Å². The fraction of sp³-hybridized carbons (Fsp3) is 0.556. The van der Waals surface area contributed by atoms with Gasteiger partial charge in [0.05, 0.1) is 18.1 Å². The van der Waals surface area contributed by atoms with Gasteiger partial charge in [0.2, 0.25) is 11.8 Å². The molecule has 0 spiro atoms. The highest BCUT2D eigenvalue weighted by molar-refractivity contribution is 5.81. The minimum Gasteiger partial charge on any atom is -0.378 e. The minimum atomic E-state index is -0.222. The van der Waals surface area contributed by atoms with Gasteiger partial charge in [0.15, 0.2) is 0 Å². The van der Waals surface area contributed by atoms with Crippen molar-refractivity contribution in [2.75, 3.05) is 14.2 Å². The van der Waals surface area contributed by atoms with Crippen LogP contribution in [0.1, 0.15) is 30.9 Å². The van der Waals surface area contributed by atoms with Crippen LogP contribution in [0.5, 0.6) is 0 Å². The summed E-state index contributed by atoms with van der Waals surface area (Å²) in [7, 11) is 3.42. The molecular weight excluding hydrogens is 292 g/mol. The molecule has 3 rings (SSSR count). The van der Waals surface area contributed by atoms with Crippen LogP contribution in [0.15, 0.2) is 24.3 Å². The van der Waals surface area contributed by atoms with Gasteiger partial charge in [-0.1, -0.05) is 24.3 Å². The second kappa shape index (κ2) is 6.32. The summed E-state index contributed by atoms with van der Waals surface area (Å²) in [6.45, 7) is 2.91. The molecule has 23 heavy (non-hydrogen) atoms. The Kier molecular flexibility index (Phi) is 4.39. The highest BCUT2D eigenvalue weighted by atomic mass is 16.5. The van der Waals surface area contributed by atoms with E-state index in [0.717, 1.165) is 12.8 Å². The number of hydrogen-bond donors (Lipinski definition) is 0. The Hall–Kier alpha value is -1.88. The van der Waals surface area contributed by atoms with Gasteiger partial charge in [0.1, 0.15) is 0 Å². The Morgan fingerprint density at radius 1 is 1.17 bits per heavy atom. The summed E-state index contributed by atoms with van der Waals surface area (Å²) in [5, 5.41) is 0. The summed E-state index contributed by atoms with van der Waals surface area (Å²) in [4.78, 5) is 28.2. The van der Waals surface area contributed by atoms with Crippen molar-refractivity contribution in [3.63, 3.8) is 0 Å². The second-order valence-electron chi connectivity index (χ2n) is 6.54.